The van der Waals surface area contributed by atoms with E-state index in [0.29, 0.717) is 42.6 Å². The highest BCUT2D eigenvalue weighted by molar-refractivity contribution is 5.98. The van der Waals surface area contributed by atoms with Crippen LogP contribution in [0.5, 0.6) is 0 Å². The number of aromatic amines is 1. The summed E-state index contributed by atoms with van der Waals surface area (Å²) in [5.74, 6) is -2.61. The van der Waals surface area contributed by atoms with E-state index >= 15 is 0 Å². The van der Waals surface area contributed by atoms with Gasteiger partial charge in [-0.25, -0.2) is 9.18 Å². The average molecular weight is 558 g/mol. The first-order chi connectivity index (χ1) is 19.9. The van der Waals surface area contributed by atoms with Gasteiger partial charge in [0.1, 0.15) is 5.82 Å². The number of hydrogen-bond donors (Lipinski definition) is 3. The maximum absolute atomic E-state index is 13.7. The molecule has 41 heavy (non-hydrogen) atoms. The number of ketones is 1. The molecule has 2 aliphatic rings. The summed E-state index contributed by atoms with van der Waals surface area (Å²) >= 11 is 0. The Hall–Kier alpha value is -4.53. The summed E-state index contributed by atoms with van der Waals surface area (Å²) in [6.07, 6.45) is 3.17. The number of Topliss-reactive ketones (excluding diaryl/α,β-unsaturated/α-hetero) is 1. The molecule has 2 aliphatic heterocycles. The Labute approximate surface area is 237 Å². The second-order valence-electron chi connectivity index (χ2n) is 10.5. The van der Waals surface area contributed by atoms with Gasteiger partial charge < -0.3 is 20.4 Å². The number of carbonyl (C=O) groups excluding carboxylic acids is 4. The van der Waals surface area contributed by atoms with Crippen LogP contribution < -0.4 is 10.6 Å². The smallest absolute Gasteiger partial charge is 0.333 e. The van der Waals surface area contributed by atoms with Crippen molar-refractivity contribution in [3.05, 3.63) is 95.5 Å². The van der Waals surface area contributed by atoms with E-state index in [1.54, 1.807) is 24.3 Å². The van der Waals surface area contributed by atoms with Gasteiger partial charge in [0.2, 0.25) is 11.8 Å². The van der Waals surface area contributed by atoms with Crippen LogP contribution in [0.1, 0.15) is 41.7 Å². The van der Waals surface area contributed by atoms with E-state index in [1.807, 2.05) is 36.4 Å². The predicted molar refractivity (Wildman–Crippen MR) is 150 cm³/mol. The molecule has 0 saturated carbocycles. The molecule has 9 heteroatoms. The lowest BCUT2D eigenvalue weighted by molar-refractivity contribution is -0.135. The van der Waals surface area contributed by atoms with Gasteiger partial charge in [0.05, 0.1) is 12.3 Å². The Balaban J connectivity index is 1.36. The molecular formula is C32H32FN3O5. The number of amides is 2. The van der Waals surface area contributed by atoms with Gasteiger partial charge in [0.25, 0.3) is 0 Å². The van der Waals surface area contributed by atoms with E-state index in [9.17, 15) is 23.6 Å². The third-order valence-corrected chi connectivity index (χ3v) is 7.57. The standard InChI is InChI=1S/C32H32FN3O5/c33-25-8-6-20(7-9-25)16-24(19-29(37)28-11-10-27(36-28)21-4-2-1-3-5-21)31(39)35-26(17-22-12-14-34-30(22)38)18-23-13-15-41-32(23)40/h1-11,18,22,24,26,36H,12-17,19H2,(H,34,38)(H,35,39)/t22-,24+,26-/m0/s1. The second-order valence-corrected chi connectivity index (χ2v) is 10.5. The molecule has 0 radical (unpaired) electrons. The lowest BCUT2D eigenvalue weighted by atomic mass is 9.91. The van der Waals surface area contributed by atoms with E-state index in [-0.39, 0.29) is 43.0 Å². The van der Waals surface area contributed by atoms with Gasteiger partial charge in [0, 0.05) is 48.5 Å². The fraction of sp³-hybridized carbons (Fsp3) is 0.312. The molecule has 5 rings (SSSR count). The van der Waals surface area contributed by atoms with Crippen molar-refractivity contribution in [1.29, 1.82) is 0 Å². The van der Waals surface area contributed by atoms with Gasteiger partial charge in [-0.05, 0) is 54.7 Å². The first kappa shape index (κ1) is 28.0. The van der Waals surface area contributed by atoms with Crippen LogP contribution >= 0.6 is 0 Å². The lowest BCUT2D eigenvalue weighted by Gasteiger charge is -2.22. The molecule has 0 bridgehead atoms. The van der Waals surface area contributed by atoms with Crippen LogP contribution in [-0.4, -0.2) is 47.7 Å². The molecule has 2 amide bonds. The second kappa shape index (κ2) is 12.8. The number of nitrogens with one attached hydrogen (secondary N) is 3. The van der Waals surface area contributed by atoms with Crippen molar-refractivity contribution < 1.29 is 28.3 Å². The highest BCUT2D eigenvalue weighted by atomic mass is 19.1. The SMILES string of the molecule is O=C1OCCC1=C[C@H](C[C@@H]1CCNC1=O)NC(=O)[C@@H](CC(=O)c1ccc(-c2ccccc2)[nH]1)Cc1ccc(F)cc1. The number of benzene rings is 2. The normalized spacial score (nSPS) is 19.0. The number of rotatable bonds is 11. The number of ether oxygens (including phenoxy) is 1. The zero-order valence-corrected chi connectivity index (χ0v) is 22.5. The molecule has 3 aromatic rings. The van der Waals surface area contributed by atoms with Crippen molar-refractivity contribution in [3.63, 3.8) is 0 Å². The summed E-state index contributed by atoms with van der Waals surface area (Å²) in [7, 11) is 0. The predicted octanol–water partition coefficient (Wildman–Crippen LogP) is 4.14. The number of H-pyrrole nitrogens is 1. The molecule has 2 aromatic carbocycles. The fourth-order valence-electron chi connectivity index (χ4n) is 5.33. The van der Waals surface area contributed by atoms with E-state index in [2.05, 4.69) is 15.6 Å². The van der Waals surface area contributed by atoms with E-state index < -0.39 is 23.7 Å². The zero-order valence-electron chi connectivity index (χ0n) is 22.5. The van der Waals surface area contributed by atoms with Crippen LogP contribution in [0.3, 0.4) is 0 Å². The molecule has 0 aliphatic carbocycles. The summed E-state index contributed by atoms with van der Waals surface area (Å²) in [4.78, 5) is 54.7. The maximum Gasteiger partial charge on any atom is 0.333 e. The molecule has 212 valence electrons. The minimum atomic E-state index is -0.773. The number of halogens is 1. The summed E-state index contributed by atoms with van der Waals surface area (Å²) in [6, 6.07) is 18.4. The largest absolute Gasteiger partial charge is 0.462 e. The van der Waals surface area contributed by atoms with Crippen LogP contribution in [0.2, 0.25) is 0 Å². The topological polar surface area (TPSA) is 117 Å². The molecule has 8 nitrogen and oxygen atoms in total. The molecule has 0 unspecified atom stereocenters. The maximum atomic E-state index is 13.7. The van der Waals surface area contributed by atoms with Crippen LogP contribution in [-0.2, 0) is 25.5 Å². The first-order valence-electron chi connectivity index (χ1n) is 13.8. The highest BCUT2D eigenvalue weighted by Gasteiger charge is 2.31. The van der Waals surface area contributed by atoms with Gasteiger partial charge in [-0.15, -0.1) is 0 Å². The average Bonchev–Trinajstić information content (AvgIpc) is 3.72. The molecule has 1 aromatic heterocycles. The Morgan fingerprint density at radius 2 is 1.83 bits per heavy atom. The van der Waals surface area contributed by atoms with Crippen molar-refractivity contribution >= 4 is 23.6 Å². The molecule has 3 atom stereocenters. The van der Waals surface area contributed by atoms with Crippen molar-refractivity contribution in [2.75, 3.05) is 13.2 Å². The van der Waals surface area contributed by atoms with Crippen LogP contribution in [0, 0.1) is 17.7 Å². The van der Waals surface area contributed by atoms with Gasteiger partial charge in [-0.1, -0.05) is 48.5 Å². The van der Waals surface area contributed by atoms with E-state index in [1.165, 1.54) is 12.1 Å². The quantitative estimate of drug-likeness (QED) is 0.186. The van der Waals surface area contributed by atoms with Crippen molar-refractivity contribution in [3.8, 4) is 11.3 Å². The van der Waals surface area contributed by atoms with Crippen LogP contribution in [0.15, 0.2) is 78.4 Å². The van der Waals surface area contributed by atoms with E-state index in [0.717, 1.165) is 11.3 Å². The number of esters is 1. The monoisotopic (exact) mass is 557 g/mol. The number of aromatic nitrogens is 1. The number of hydrogen-bond acceptors (Lipinski definition) is 5. The summed E-state index contributed by atoms with van der Waals surface area (Å²) in [5.41, 5.74) is 3.28. The van der Waals surface area contributed by atoms with Crippen LogP contribution in [0.4, 0.5) is 4.39 Å². The van der Waals surface area contributed by atoms with E-state index in [4.69, 9.17) is 4.74 Å². The van der Waals surface area contributed by atoms with Gasteiger partial charge in [-0.3, -0.25) is 14.4 Å². The van der Waals surface area contributed by atoms with Gasteiger partial charge >= 0.3 is 5.97 Å². The van der Waals surface area contributed by atoms with Crippen molar-refractivity contribution in [2.45, 2.75) is 38.1 Å². The third-order valence-electron chi connectivity index (χ3n) is 7.57. The Morgan fingerprint density at radius 1 is 1.05 bits per heavy atom. The molecule has 2 saturated heterocycles. The summed E-state index contributed by atoms with van der Waals surface area (Å²) < 4.78 is 18.6. The molecule has 0 spiro atoms. The minimum Gasteiger partial charge on any atom is -0.462 e. The van der Waals surface area contributed by atoms with Crippen molar-refractivity contribution in [2.24, 2.45) is 11.8 Å². The number of cyclic esters (lactones) is 1. The molecule has 3 N–H and O–H groups in total. The first-order valence-corrected chi connectivity index (χ1v) is 13.8. The molecular weight excluding hydrogens is 525 g/mol. The molecule has 3 heterocycles. The number of carbonyl (C=O) groups is 4. The van der Waals surface area contributed by atoms with Crippen molar-refractivity contribution in [1.82, 2.24) is 15.6 Å². The fourth-order valence-corrected chi connectivity index (χ4v) is 5.33. The summed E-state index contributed by atoms with van der Waals surface area (Å²) in [6.45, 7) is 0.837. The Morgan fingerprint density at radius 3 is 2.51 bits per heavy atom. The van der Waals surface area contributed by atoms with Gasteiger partial charge in [-0.2, -0.15) is 0 Å². The van der Waals surface area contributed by atoms with Crippen LogP contribution in [0.25, 0.3) is 11.3 Å². The van der Waals surface area contributed by atoms with Gasteiger partial charge in [0.15, 0.2) is 5.78 Å². The third kappa shape index (κ3) is 7.16. The highest BCUT2D eigenvalue weighted by Crippen LogP contribution is 2.24. The lowest BCUT2D eigenvalue weighted by Crippen LogP contribution is -2.41. The minimum absolute atomic E-state index is 0.0874. The molecule has 2 fully saturated rings. The Bertz CT molecular complexity index is 1450. The summed E-state index contributed by atoms with van der Waals surface area (Å²) in [5, 5.41) is 5.80. The zero-order chi connectivity index (χ0) is 28.8. The Kier molecular flexibility index (Phi) is 8.72.